The molecular weight excluding hydrogens is 274 g/mol. The normalized spacial score (nSPS) is 21.3. The Kier molecular flexibility index (Phi) is 4.98. The Morgan fingerprint density at radius 2 is 1.86 bits per heavy atom. The van der Waals surface area contributed by atoms with Gasteiger partial charge >= 0.3 is 0 Å². The number of likely N-dealkylation sites (tertiary alicyclic amines) is 1. The monoisotopic (exact) mass is 301 g/mol. The van der Waals surface area contributed by atoms with Crippen molar-refractivity contribution in [2.45, 2.75) is 44.1 Å². The molecule has 0 bridgehead atoms. The number of benzene rings is 1. The standard InChI is InChI=1S/C18H27N3O/c1-22-18(11-8-12-18)15-19-17(21-13-6-3-7-14-21)20-16-9-4-2-5-10-16/h2,4-5,9-10H,3,6-8,11-15H2,1H3,(H,19,20). The number of nitrogens with one attached hydrogen (secondary N) is 1. The van der Waals surface area contributed by atoms with E-state index in [0.717, 1.165) is 44.1 Å². The van der Waals surface area contributed by atoms with E-state index in [0.29, 0.717) is 0 Å². The van der Waals surface area contributed by atoms with Gasteiger partial charge in [0.25, 0.3) is 0 Å². The molecule has 0 spiro atoms. The Morgan fingerprint density at radius 3 is 2.45 bits per heavy atom. The van der Waals surface area contributed by atoms with Crippen LogP contribution < -0.4 is 5.32 Å². The summed E-state index contributed by atoms with van der Waals surface area (Å²) >= 11 is 0. The van der Waals surface area contributed by atoms with E-state index in [2.05, 4.69) is 34.5 Å². The van der Waals surface area contributed by atoms with Crippen molar-refractivity contribution in [1.29, 1.82) is 0 Å². The first-order chi connectivity index (χ1) is 10.8. The first kappa shape index (κ1) is 15.3. The van der Waals surface area contributed by atoms with Crippen LogP contribution in [0.4, 0.5) is 5.69 Å². The van der Waals surface area contributed by atoms with Crippen LogP contribution in [-0.4, -0.2) is 43.2 Å². The summed E-state index contributed by atoms with van der Waals surface area (Å²) < 4.78 is 5.71. The van der Waals surface area contributed by atoms with Crippen molar-refractivity contribution in [2.24, 2.45) is 4.99 Å². The first-order valence-corrected chi connectivity index (χ1v) is 8.48. The fourth-order valence-electron chi connectivity index (χ4n) is 3.19. The number of guanidine groups is 1. The number of rotatable bonds is 4. The molecule has 1 aliphatic heterocycles. The van der Waals surface area contributed by atoms with E-state index in [1.807, 2.05) is 13.2 Å². The zero-order chi connectivity index (χ0) is 15.3. The molecule has 1 aromatic rings. The van der Waals surface area contributed by atoms with Gasteiger partial charge < -0.3 is 15.0 Å². The number of anilines is 1. The van der Waals surface area contributed by atoms with Crippen molar-refractivity contribution in [3.05, 3.63) is 30.3 Å². The molecule has 2 aliphatic rings. The Morgan fingerprint density at radius 1 is 1.14 bits per heavy atom. The van der Waals surface area contributed by atoms with E-state index in [4.69, 9.17) is 9.73 Å². The summed E-state index contributed by atoms with van der Waals surface area (Å²) in [5.74, 6) is 1.01. The van der Waals surface area contributed by atoms with Crippen molar-refractivity contribution in [3.63, 3.8) is 0 Å². The second-order valence-corrected chi connectivity index (χ2v) is 6.42. The van der Waals surface area contributed by atoms with Crippen LogP contribution in [0.1, 0.15) is 38.5 Å². The quantitative estimate of drug-likeness (QED) is 0.683. The number of nitrogens with zero attached hydrogens (tertiary/aromatic N) is 2. The van der Waals surface area contributed by atoms with Crippen molar-refractivity contribution >= 4 is 11.6 Å². The van der Waals surface area contributed by atoms with Crippen molar-refractivity contribution in [2.75, 3.05) is 32.1 Å². The highest BCUT2D eigenvalue weighted by molar-refractivity contribution is 5.93. The van der Waals surface area contributed by atoms with Crippen molar-refractivity contribution < 1.29 is 4.74 Å². The number of piperidine rings is 1. The molecule has 22 heavy (non-hydrogen) atoms. The molecule has 1 saturated carbocycles. The van der Waals surface area contributed by atoms with Gasteiger partial charge in [0.15, 0.2) is 5.96 Å². The molecule has 1 N–H and O–H groups in total. The van der Waals surface area contributed by atoms with Gasteiger partial charge in [-0.1, -0.05) is 18.2 Å². The van der Waals surface area contributed by atoms with Gasteiger partial charge in [-0.2, -0.15) is 0 Å². The molecule has 0 aromatic heterocycles. The minimum Gasteiger partial charge on any atom is -0.376 e. The van der Waals surface area contributed by atoms with E-state index >= 15 is 0 Å². The van der Waals surface area contributed by atoms with Crippen molar-refractivity contribution in [3.8, 4) is 0 Å². The molecule has 0 amide bonds. The van der Waals surface area contributed by atoms with Gasteiger partial charge in [0, 0.05) is 25.9 Å². The van der Waals surface area contributed by atoms with Crippen LogP contribution in [0.15, 0.2) is 35.3 Å². The van der Waals surface area contributed by atoms with E-state index < -0.39 is 0 Å². The highest BCUT2D eigenvalue weighted by atomic mass is 16.5. The third kappa shape index (κ3) is 3.61. The van der Waals surface area contributed by atoms with Crippen LogP contribution in [-0.2, 0) is 4.74 Å². The minimum absolute atomic E-state index is 0.0145. The molecule has 1 aromatic carbocycles. The lowest BCUT2D eigenvalue weighted by Gasteiger charge is -2.39. The lowest BCUT2D eigenvalue weighted by Crippen LogP contribution is -2.45. The number of aliphatic imine (C=N–C) groups is 1. The number of hydrogen-bond donors (Lipinski definition) is 1. The molecule has 4 heteroatoms. The Labute approximate surface area is 133 Å². The molecule has 0 radical (unpaired) electrons. The summed E-state index contributed by atoms with van der Waals surface area (Å²) in [6.07, 6.45) is 7.36. The molecule has 2 fully saturated rings. The maximum absolute atomic E-state index is 5.71. The average molecular weight is 301 g/mol. The van der Waals surface area contributed by atoms with E-state index in [1.165, 1.54) is 25.7 Å². The van der Waals surface area contributed by atoms with Crippen LogP contribution in [0.2, 0.25) is 0 Å². The molecule has 4 nitrogen and oxygen atoms in total. The van der Waals surface area contributed by atoms with Gasteiger partial charge in [0.05, 0.1) is 12.1 Å². The Balaban J connectivity index is 1.72. The number of para-hydroxylation sites is 1. The maximum atomic E-state index is 5.71. The number of hydrogen-bond acceptors (Lipinski definition) is 2. The zero-order valence-corrected chi connectivity index (χ0v) is 13.6. The van der Waals surface area contributed by atoms with E-state index in [9.17, 15) is 0 Å². The molecule has 3 rings (SSSR count). The average Bonchev–Trinajstić information content (AvgIpc) is 2.55. The van der Waals surface area contributed by atoms with Crippen LogP contribution >= 0.6 is 0 Å². The summed E-state index contributed by atoms with van der Waals surface area (Å²) in [5, 5.41) is 3.51. The smallest absolute Gasteiger partial charge is 0.198 e. The Bertz CT molecular complexity index is 485. The van der Waals surface area contributed by atoms with Crippen LogP contribution in [0.5, 0.6) is 0 Å². The molecule has 1 aliphatic carbocycles. The summed E-state index contributed by atoms with van der Waals surface area (Å²) in [5.41, 5.74) is 1.09. The molecule has 120 valence electrons. The highest BCUT2D eigenvalue weighted by Crippen LogP contribution is 2.35. The molecular formula is C18H27N3O. The lowest BCUT2D eigenvalue weighted by molar-refractivity contribution is -0.0630. The minimum atomic E-state index is -0.0145. The van der Waals surface area contributed by atoms with Gasteiger partial charge in [-0.15, -0.1) is 0 Å². The fraction of sp³-hybridized carbons (Fsp3) is 0.611. The van der Waals surface area contributed by atoms with Gasteiger partial charge in [0.1, 0.15) is 0 Å². The molecule has 0 atom stereocenters. The largest absolute Gasteiger partial charge is 0.376 e. The van der Waals surface area contributed by atoms with Crippen LogP contribution in [0.25, 0.3) is 0 Å². The maximum Gasteiger partial charge on any atom is 0.198 e. The molecule has 1 saturated heterocycles. The second kappa shape index (κ2) is 7.14. The Hall–Kier alpha value is -1.55. The summed E-state index contributed by atoms with van der Waals surface area (Å²) in [7, 11) is 1.82. The zero-order valence-electron chi connectivity index (χ0n) is 13.6. The van der Waals surface area contributed by atoms with Crippen LogP contribution in [0.3, 0.4) is 0 Å². The number of methoxy groups -OCH3 is 1. The topological polar surface area (TPSA) is 36.9 Å². The molecule has 1 heterocycles. The lowest BCUT2D eigenvalue weighted by atomic mass is 9.80. The predicted molar refractivity (Wildman–Crippen MR) is 91.4 cm³/mol. The van der Waals surface area contributed by atoms with Crippen LogP contribution in [0, 0.1) is 0 Å². The van der Waals surface area contributed by atoms with Gasteiger partial charge in [0.2, 0.25) is 0 Å². The van der Waals surface area contributed by atoms with Gasteiger partial charge in [-0.3, -0.25) is 0 Å². The predicted octanol–water partition coefficient (Wildman–Crippen LogP) is 3.51. The SMILES string of the molecule is COC1(CN=C(Nc2ccccc2)N2CCCCC2)CCC1. The van der Waals surface area contributed by atoms with E-state index in [-0.39, 0.29) is 5.60 Å². The summed E-state index contributed by atoms with van der Waals surface area (Å²) in [6, 6.07) is 10.3. The molecule has 0 unspecified atom stereocenters. The summed E-state index contributed by atoms with van der Waals surface area (Å²) in [6.45, 7) is 2.95. The van der Waals surface area contributed by atoms with Gasteiger partial charge in [-0.25, -0.2) is 4.99 Å². The summed E-state index contributed by atoms with van der Waals surface area (Å²) in [4.78, 5) is 7.30. The first-order valence-electron chi connectivity index (χ1n) is 8.48. The van der Waals surface area contributed by atoms with Gasteiger partial charge in [-0.05, 0) is 50.7 Å². The third-order valence-electron chi connectivity index (χ3n) is 4.90. The second-order valence-electron chi connectivity index (χ2n) is 6.42. The third-order valence-corrected chi connectivity index (χ3v) is 4.90. The van der Waals surface area contributed by atoms with E-state index in [1.54, 1.807) is 0 Å². The number of ether oxygens (including phenoxy) is 1. The fourth-order valence-corrected chi connectivity index (χ4v) is 3.19. The van der Waals surface area contributed by atoms with Crippen molar-refractivity contribution in [1.82, 2.24) is 4.90 Å². The highest BCUT2D eigenvalue weighted by Gasteiger charge is 2.37.